The van der Waals surface area contributed by atoms with Crippen molar-refractivity contribution in [1.82, 2.24) is 15.1 Å². The Morgan fingerprint density at radius 1 is 1.43 bits per heavy atom. The van der Waals surface area contributed by atoms with Crippen molar-refractivity contribution in [3.63, 3.8) is 0 Å². The van der Waals surface area contributed by atoms with Gasteiger partial charge in [-0.2, -0.15) is 0 Å². The standard InChI is InChI=1S/C9H15N3O2/c1-2-11-3-4-12-7(6-11)5-8(13)10-9(12)14/h7H,2-6H2,1H3,(H,10,13,14). The van der Waals surface area contributed by atoms with E-state index in [0.717, 1.165) is 26.2 Å². The molecule has 5 heteroatoms. The summed E-state index contributed by atoms with van der Waals surface area (Å²) in [6.07, 6.45) is 0.447. The Bertz CT molecular complexity index is 267. The van der Waals surface area contributed by atoms with Gasteiger partial charge < -0.3 is 4.90 Å². The largest absolute Gasteiger partial charge is 0.324 e. The molecule has 2 aliphatic rings. The van der Waals surface area contributed by atoms with Gasteiger partial charge in [-0.05, 0) is 6.54 Å². The zero-order valence-electron chi connectivity index (χ0n) is 8.32. The molecule has 2 heterocycles. The Morgan fingerprint density at radius 3 is 2.93 bits per heavy atom. The van der Waals surface area contributed by atoms with Gasteiger partial charge in [0.15, 0.2) is 0 Å². The van der Waals surface area contributed by atoms with Crippen LogP contribution >= 0.6 is 0 Å². The van der Waals surface area contributed by atoms with E-state index < -0.39 is 0 Å². The summed E-state index contributed by atoms with van der Waals surface area (Å²) >= 11 is 0. The third-order valence-electron chi connectivity index (χ3n) is 2.94. The van der Waals surface area contributed by atoms with Crippen molar-refractivity contribution in [2.24, 2.45) is 0 Å². The normalized spacial score (nSPS) is 28.6. The van der Waals surface area contributed by atoms with E-state index in [1.54, 1.807) is 4.90 Å². The topological polar surface area (TPSA) is 52.6 Å². The fraction of sp³-hybridized carbons (Fsp3) is 0.778. The van der Waals surface area contributed by atoms with Crippen molar-refractivity contribution in [3.05, 3.63) is 0 Å². The third kappa shape index (κ3) is 1.59. The summed E-state index contributed by atoms with van der Waals surface area (Å²) in [5, 5.41) is 2.34. The smallest absolute Gasteiger partial charge is 0.318 e. The molecule has 0 radical (unpaired) electrons. The molecule has 14 heavy (non-hydrogen) atoms. The van der Waals surface area contributed by atoms with Crippen LogP contribution in [0.5, 0.6) is 0 Å². The fourth-order valence-electron chi connectivity index (χ4n) is 2.11. The molecule has 0 aliphatic carbocycles. The van der Waals surface area contributed by atoms with Gasteiger partial charge in [-0.1, -0.05) is 6.92 Å². The summed E-state index contributed by atoms with van der Waals surface area (Å²) in [4.78, 5) is 26.6. The maximum absolute atomic E-state index is 11.4. The van der Waals surface area contributed by atoms with Crippen molar-refractivity contribution >= 4 is 11.9 Å². The van der Waals surface area contributed by atoms with Crippen LogP contribution in [0, 0.1) is 0 Å². The monoisotopic (exact) mass is 197 g/mol. The van der Waals surface area contributed by atoms with Crippen LogP contribution < -0.4 is 5.32 Å². The zero-order chi connectivity index (χ0) is 10.1. The van der Waals surface area contributed by atoms with Gasteiger partial charge in [-0.3, -0.25) is 15.0 Å². The van der Waals surface area contributed by atoms with E-state index in [1.165, 1.54) is 0 Å². The predicted molar refractivity (Wildman–Crippen MR) is 50.8 cm³/mol. The average molecular weight is 197 g/mol. The lowest BCUT2D eigenvalue weighted by Gasteiger charge is -2.42. The minimum absolute atomic E-state index is 0.0879. The van der Waals surface area contributed by atoms with Crippen molar-refractivity contribution in [3.8, 4) is 0 Å². The lowest BCUT2D eigenvalue weighted by Crippen LogP contribution is -2.62. The molecule has 2 fully saturated rings. The minimum atomic E-state index is -0.220. The molecule has 1 atom stereocenters. The number of nitrogens with zero attached hydrogens (tertiary/aromatic N) is 2. The number of piperazine rings is 1. The van der Waals surface area contributed by atoms with E-state index in [1.807, 2.05) is 0 Å². The molecule has 2 saturated heterocycles. The number of rotatable bonds is 1. The van der Waals surface area contributed by atoms with Crippen molar-refractivity contribution < 1.29 is 9.59 Å². The summed E-state index contributed by atoms with van der Waals surface area (Å²) in [6, 6.07) is -0.132. The summed E-state index contributed by atoms with van der Waals surface area (Å²) < 4.78 is 0. The van der Waals surface area contributed by atoms with E-state index in [4.69, 9.17) is 0 Å². The molecule has 5 nitrogen and oxygen atoms in total. The van der Waals surface area contributed by atoms with Crippen LogP contribution in [0.25, 0.3) is 0 Å². The zero-order valence-corrected chi connectivity index (χ0v) is 8.32. The number of carbonyl (C=O) groups is 2. The maximum Gasteiger partial charge on any atom is 0.324 e. The van der Waals surface area contributed by atoms with Crippen LogP contribution in [0.1, 0.15) is 13.3 Å². The number of fused-ring (bicyclic) bond motifs is 1. The highest BCUT2D eigenvalue weighted by Crippen LogP contribution is 2.16. The number of amides is 3. The maximum atomic E-state index is 11.4. The van der Waals surface area contributed by atoms with Crippen molar-refractivity contribution in [1.29, 1.82) is 0 Å². The molecule has 0 aromatic carbocycles. The van der Waals surface area contributed by atoms with Gasteiger partial charge in [0.2, 0.25) is 5.91 Å². The second-order valence-electron chi connectivity index (χ2n) is 3.80. The highest BCUT2D eigenvalue weighted by molar-refractivity contribution is 5.97. The molecule has 2 aliphatic heterocycles. The van der Waals surface area contributed by atoms with Crippen LogP contribution in [0.3, 0.4) is 0 Å². The highest BCUT2D eigenvalue weighted by atomic mass is 16.2. The molecule has 2 rings (SSSR count). The molecular weight excluding hydrogens is 182 g/mol. The van der Waals surface area contributed by atoms with Crippen LogP contribution in [0.15, 0.2) is 0 Å². The number of hydrogen-bond acceptors (Lipinski definition) is 3. The number of imide groups is 1. The van der Waals surface area contributed by atoms with Gasteiger partial charge in [0.05, 0.1) is 6.04 Å². The second-order valence-corrected chi connectivity index (χ2v) is 3.80. The Morgan fingerprint density at radius 2 is 2.21 bits per heavy atom. The molecule has 78 valence electrons. The first kappa shape index (κ1) is 9.45. The van der Waals surface area contributed by atoms with E-state index in [9.17, 15) is 9.59 Å². The van der Waals surface area contributed by atoms with Crippen LogP contribution in [0.4, 0.5) is 4.79 Å². The van der Waals surface area contributed by atoms with Gasteiger partial charge in [0, 0.05) is 26.1 Å². The minimum Gasteiger partial charge on any atom is -0.318 e. The van der Waals surface area contributed by atoms with Gasteiger partial charge >= 0.3 is 6.03 Å². The highest BCUT2D eigenvalue weighted by Gasteiger charge is 2.35. The molecule has 0 bridgehead atoms. The third-order valence-corrected chi connectivity index (χ3v) is 2.94. The van der Waals surface area contributed by atoms with Gasteiger partial charge in [0.25, 0.3) is 0 Å². The van der Waals surface area contributed by atoms with E-state index in [0.29, 0.717) is 6.42 Å². The van der Waals surface area contributed by atoms with E-state index in [2.05, 4.69) is 17.1 Å². The quantitative estimate of drug-likeness (QED) is 0.624. The summed E-state index contributed by atoms with van der Waals surface area (Å²) in [6.45, 7) is 5.56. The van der Waals surface area contributed by atoms with E-state index >= 15 is 0 Å². The van der Waals surface area contributed by atoms with E-state index in [-0.39, 0.29) is 18.0 Å². The predicted octanol–water partition coefficient (Wildman–Crippen LogP) is -0.368. The summed E-state index contributed by atoms with van der Waals surface area (Å²) in [7, 11) is 0. The summed E-state index contributed by atoms with van der Waals surface area (Å²) in [5.41, 5.74) is 0. The Kier molecular flexibility index (Phi) is 2.41. The number of nitrogens with one attached hydrogen (secondary N) is 1. The van der Waals surface area contributed by atoms with Crippen LogP contribution in [-0.2, 0) is 4.79 Å². The van der Waals surface area contributed by atoms with Gasteiger partial charge in [-0.15, -0.1) is 0 Å². The molecule has 1 unspecified atom stereocenters. The SMILES string of the molecule is CCN1CCN2C(=O)NC(=O)CC2C1. The fourth-order valence-corrected chi connectivity index (χ4v) is 2.11. The second kappa shape index (κ2) is 3.57. The molecule has 0 spiro atoms. The molecule has 0 aromatic heterocycles. The van der Waals surface area contributed by atoms with Crippen molar-refractivity contribution in [2.75, 3.05) is 26.2 Å². The first-order valence-electron chi connectivity index (χ1n) is 5.03. The Hall–Kier alpha value is -1.10. The van der Waals surface area contributed by atoms with Crippen molar-refractivity contribution in [2.45, 2.75) is 19.4 Å². The van der Waals surface area contributed by atoms with Crippen LogP contribution in [0.2, 0.25) is 0 Å². The molecular formula is C9H15N3O2. The first-order valence-corrected chi connectivity index (χ1v) is 5.03. The number of urea groups is 1. The lowest BCUT2D eigenvalue weighted by molar-refractivity contribution is -0.123. The Balaban J connectivity index is 2.06. The lowest BCUT2D eigenvalue weighted by atomic mass is 10.1. The molecule has 3 amide bonds. The van der Waals surface area contributed by atoms with Crippen LogP contribution in [-0.4, -0.2) is 54.0 Å². The molecule has 0 aromatic rings. The first-order chi connectivity index (χ1) is 6.70. The number of hydrogen-bond donors (Lipinski definition) is 1. The summed E-state index contributed by atoms with van der Waals surface area (Å²) in [5.74, 6) is -0.144. The molecule has 0 saturated carbocycles. The number of likely N-dealkylation sites (N-methyl/N-ethyl adjacent to an activating group) is 1. The average Bonchev–Trinajstić information content (AvgIpc) is 2.16. The molecule has 1 N–H and O–H groups in total. The van der Waals surface area contributed by atoms with Gasteiger partial charge in [-0.25, -0.2) is 4.79 Å². The Labute approximate surface area is 83.0 Å². The van der Waals surface area contributed by atoms with Gasteiger partial charge in [0.1, 0.15) is 0 Å². The number of carbonyl (C=O) groups excluding carboxylic acids is 2.